The zero-order valence-electron chi connectivity index (χ0n) is 12.1. The van der Waals surface area contributed by atoms with E-state index in [2.05, 4.69) is 41.4 Å². The van der Waals surface area contributed by atoms with Crippen LogP contribution >= 0.6 is 0 Å². The van der Waals surface area contributed by atoms with Crippen molar-refractivity contribution in [3.63, 3.8) is 0 Å². The Hall–Kier alpha value is -1.78. The fraction of sp³-hybridized carbons (Fsp3) is 0.571. The molecular formula is C14H23N5. The van der Waals surface area contributed by atoms with Gasteiger partial charge in [-0.25, -0.2) is 9.97 Å². The van der Waals surface area contributed by atoms with Gasteiger partial charge in [0.25, 0.3) is 0 Å². The van der Waals surface area contributed by atoms with Crippen LogP contribution in [0.2, 0.25) is 0 Å². The van der Waals surface area contributed by atoms with Crippen LogP contribution in [0.4, 0.5) is 11.6 Å². The van der Waals surface area contributed by atoms with Crippen molar-refractivity contribution in [3.8, 4) is 0 Å². The minimum absolute atomic E-state index is 0.384. The third kappa shape index (κ3) is 3.16. The molecule has 0 fully saturated rings. The average molecular weight is 261 g/mol. The van der Waals surface area contributed by atoms with Crippen LogP contribution in [0.25, 0.3) is 5.65 Å². The van der Waals surface area contributed by atoms with Gasteiger partial charge in [0.15, 0.2) is 11.5 Å². The lowest BCUT2D eigenvalue weighted by Gasteiger charge is -2.18. The Morgan fingerprint density at radius 2 is 2.16 bits per heavy atom. The molecule has 0 aliphatic carbocycles. The Bertz CT molecular complexity index is 534. The standard InChI is InChI=1S/C14H23N5/c1-5-10(2)8-11(3)17-13-14-16-6-7-19(14)9-12(15-4)18-13/h6-7,9-11,15H,5,8H2,1-4H3,(H,17,18). The molecule has 2 heterocycles. The molecule has 0 spiro atoms. The molecule has 5 nitrogen and oxygen atoms in total. The topological polar surface area (TPSA) is 54.2 Å². The summed E-state index contributed by atoms with van der Waals surface area (Å²) in [6, 6.07) is 0.384. The number of aromatic nitrogens is 3. The van der Waals surface area contributed by atoms with Gasteiger partial charge in [-0.1, -0.05) is 20.3 Å². The fourth-order valence-electron chi connectivity index (χ4n) is 2.21. The van der Waals surface area contributed by atoms with Crippen molar-refractivity contribution in [3.05, 3.63) is 18.6 Å². The first kappa shape index (κ1) is 13.6. The number of anilines is 2. The lowest BCUT2D eigenvalue weighted by Crippen LogP contribution is -2.20. The molecule has 0 bridgehead atoms. The van der Waals surface area contributed by atoms with Gasteiger partial charge in [0, 0.05) is 25.5 Å². The molecule has 2 atom stereocenters. The monoisotopic (exact) mass is 261 g/mol. The van der Waals surface area contributed by atoms with Crippen LogP contribution in [0.5, 0.6) is 0 Å². The molecule has 2 unspecified atom stereocenters. The lowest BCUT2D eigenvalue weighted by atomic mass is 10.0. The first-order chi connectivity index (χ1) is 9.13. The van der Waals surface area contributed by atoms with Crippen LogP contribution in [0, 0.1) is 5.92 Å². The van der Waals surface area contributed by atoms with Crippen molar-refractivity contribution in [2.75, 3.05) is 17.7 Å². The Morgan fingerprint density at radius 3 is 2.84 bits per heavy atom. The molecule has 0 radical (unpaired) electrons. The van der Waals surface area contributed by atoms with Gasteiger partial charge >= 0.3 is 0 Å². The highest BCUT2D eigenvalue weighted by molar-refractivity contribution is 5.65. The van der Waals surface area contributed by atoms with E-state index in [0.29, 0.717) is 12.0 Å². The van der Waals surface area contributed by atoms with Crippen LogP contribution < -0.4 is 10.6 Å². The Kier molecular flexibility index (Phi) is 4.24. The van der Waals surface area contributed by atoms with Gasteiger partial charge < -0.3 is 15.0 Å². The smallest absolute Gasteiger partial charge is 0.180 e. The summed E-state index contributed by atoms with van der Waals surface area (Å²) in [5.41, 5.74) is 0.870. The van der Waals surface area contributed by atoms with E-state index in [4.69, 9.17) is 0 Å². The van der Waals surface area contributed by atoms with Crippen LogP contribution in [0.15, 0.2) is 18.6 Å². The third-order valence-corrected chi connectivity index (χ3v) is 3.47. The summed E-state index contributed by atoms with van der Waals surface area (Å²) in [7, 11) is 1.87. The molecule has 19 heavy (non-hydrogen) atoms. The summed E-state index contributed by atoms with van der Waals surface area (Å²) in [6.07, 6.45) is 8.00. The molecule has 0 amide bonds. The SMILES string of the molecule is CCC(C)CC(C)Nc1nc(NC)cn2ccnc12. The van der Waals surface area contributed by atoms with Gasteiger partial charge in [-0.05, 0) is 19.3 Å². The predicted octanol–water partition coefficient (Wildman–Crippen LogP) is 3.01. The van der Waals surface area contributed by atoms with Crippen molar-refractivity contribution >= 4 is 17.3 Å². The zero-order chi connectivity index (χ0) is 13.8. The molecule has 0 saturated heterocycles. The van der Waals surface area contributed by atoms with E-state index in [-0.39, 0.29) is 0 Å². The molecule has 104 valence electrons. The summed E-state index contributed by atoms with van der Waals surface area (Å²) in [4.78, 5) is 8.92. The summed E-state index contributed by atoms with van der Waals surface area (Å²) in [5.74, 6) is 2.39. The van der Waals surface area contributed by atoms with E-state index >= 15 is 0 Å². The number of nitrogens with zero attached hydrogens (tertiary/aromatic N) is 3. The average Bonchev–Trinajstić information content (AvgIpc) is 2.86. The quantitative estimate of drug-likeness (QED) is 0.839. The maximum atomic E-state index is 4.56. The normalized spacial score (nSPS) is 14.3. The summed E-state index contributed by atoms with van der Waals surface area (Å²) in [5, 5.41) is 6.55. The second-order valence-corrected chi connectivity index (χ2v) is 5.18. The van der Waals surface area contributed by atoms with Gasteiger partial charge in [0.2, 0.25) is 0 Å². The molecule has 2 aromatic rings. The highest BCUT2D eigenvalue weighted by Gasteiger charge is 2.12. The highest BCUT2D eigenvalue weighted by Crippen LogP contribution is 2.19. The van der Waals surface area contributed by atoms with E-state index < -0.39 is 0 Å². The molecule has 5 heteroatoms. The zero-order valence-corrected chi connectivity index (χ0v) is 12.1. The molecule has 2 aromatic heterocycles. The van der Waals surface area contributed by atoms with Gasteiger partial charge in [-0.2, -0.15) is 0 Å². The highest BCUT2D eigenvalue weighted by atomic mass is 15.1. The van der Waals surface area contributed by atoms with Crippen molar-refractivity contribution in [2.24, 2.45) is 5.92 Å². The van der Waals surface area contributed by atoms with E-state index in [1.54, 1.807) is 6.20 Å². The second-order valence-electron chi connectivity index (χ2n) is 5.18. The van der Waals surface area contributed by atoms with E-state index in [1.807, 2.05) is 23.8 Å². The lowest BCUT2D eigenvalue weighted by molar-refractivity contribution is 0.483. The van der Waals surface area contributed by atoms with E-state index in [0.717, 1.165) is 23.7 Å². The Labute approximate surface area is 114 Å². The third-order valence-electron chi connectivity index (χ3n) is 3.47. The number of imidazole rings is 1. The molecule has 0 saturated carbocycles. The summed E-state index contributed by atoms with van der Waals surface area (Å²) in [6.45, 7) is 6.70. The minimum atomic E-state index is 0.384. The maximum Gasteiger partial charge on any atom is 0.180 e. The first-order valence-corrected chi connectivity index (χ1v) is 6.92. The van der Waals surface area contributed by atoms with E-state index in [1.165, 1.54) is 6.42 Å². The number of fused-ring (bicyclic) bond motifs is 1. The Morgan fingerprint density at radius 1 is 1.37 bits per heavy atom. The molecule has 2 N–H and O–H groups in total. The number of hydrogen-bond acceptors (Lipinski definition) is 4. The van der Waals surface area contributed by atoms with Gasteiger partial charge in [-0.3, -0.25) is 0 Å². The number of hydrogen-bond donors (Lipinski definition) is 2. The molecule has 0 aromatic carbocycles. The molecule has 2 rings (SSSR count). The van der Waals surface area contributed by atoms with E-state index in [9.17, 15) is 0 Å². The fourth-order valence-corrected chi connectivity index (χ4v) is 2.21. The number of rotatable bonds is 6. The second kappa shape index (κ2) is 5.91. The van der Waals surface area contributed by atoms with Crippen LogP contribution in [0.1, 0.15) is 33.6 Å². The van der Waals surface area contributed by atoms with Gasteiger partial charge in [0.1, 0.15) is 5.82 Å². The van der Waals surface area contributed by atoms with Crippen molar-refractivity contribution in [2.45, 2.75) is 39.7 Å². The van der Waals surface area contributed by atoms with Gasteiger partial charge in [0.05, 0.1) is 6.20 Å². The predicted molar refractivity (Wildman–Crippen MR) is 79.7 cm³/mol. The maximum absolute atomic E-state index is 4.56. The Balaban J connectivity index is 2.21. The number of nitrogens with one attached hydrogen (secondary N) is 2. The van der Waals surface area contributed by atoms with Crippen molar-refractivity contribution in [1.82, 2.24) is 14.4 Å². The van der Waals surface area contributed by atoms with Crippen molar-refractivity contribution in [1.29, 1.82) is 0 Å². The van der Waals surface area contributed by atoms with Crippen LogP contribution in [-0.4, -0.2) is 27.5 Å². The summed E-state index contributed by atoms with van der Waals surface area (Å²) < 4.78 is 1.98. The van der Waals surface area contributed by atoms with Crippen LogP contribution in [0.3, 0.4) is 0 Å². The molecule has 0 aliphatic heterocycles. The van der Waals surface area contributed by atoms with Crippen LogP contribution in [-0.2, 0) is 0 Å². The van der Waals surface area contributed by atoms with Gasteiger partial charge in [-0.15, -0.1) is 0 Å². The first-order valence-electron chi connectivity index (χ1n) is 6.92. The largest absolute Gasteiger partial charge is 0.372 e. The molecule has 0 aliphatic rings. The minimum Gasteiger partial charge on any atom is -0.372 e. The summed E-state index contributed by atoms with van der Waals surface area (Å²) >= 11 is 0. The van der Waals surface area contributed by atoms with Crippen molar-refractivity contribution < 1.29 is 0 Å². The molecular weight excluding hydrogens is 238 g/mol.